The molecule has 1 saturated carbocycles. The second-order valence-electron chi connectivity index (χ2n) is 11.1. The lowest BCUT2D eigenvalue weighted by Gasteiger charge is -2.32. The van der Waals surface area contributed by atoms with E-state index in [-0.39, 0.29) is 11.5 Å². The standard InChI is InChI=1S/C28H44N2O/c1-22(2)27(31)21-29(18-23-10-7-6-8-11-23)20-26-12-9-17-30(26)19-24-13-15-25(16-14-24)28(3,4)5/h9,12-17,22-23,27,31H,6-8,10-11,18-21H2,1-5H3/t27-/m0/s1. The third kappa shape index (κ3) is 7.22. The van der Waals surface area contributed by atoms with E-state index < -0.39 is 0 Å². The molecule has 1 heterocycles. The van der Waals surface area contributed by atoms with Gasteiger partial charge in [-0.2, -0.15) is 0 Å². The summed E-state index contributed by atoms with van der Waals surface area (Å²) in [6.45, 7) is 14.7. The Labute approximate surface area is 190 Å². The summed E-state index contributed by atoms with van der Waals surface area (Å²) >= 11 is 0. The van der Waals surface area contributed by atoms with Gasteiger partial charge < -0.3 is 9.67 Å². The number of hydrogen-bond donors (Lipinski definition) is 1. The lowest BCUT2D eigenvalue weighted by molar-refractivity contribution is 0.0616. The molecule has 0 radical (unpaired) electrons. The van der Waals surface area contributed by atoms with Gasteiger partial charge in [-0.25, -0.2) is 0 Å². The first-order valence-corrected chi connectivity index (χ1v) is 12.4. The fraction of sp³-hybridized carbons (Fsp3) is 0.643. The molecular weight excluding hydrogens is 380 g/mol. The zero-order valence-electron chi connectivity index (χ0n) is 20.5. The highest BCUT2D eigenvalue weighted by Gasteiger charge is 2.22. The molecule has 3 nitrogen and oxygen atoms in total. The lowest BCUT2D eigenvalue weighted by atomic mass is 9.87. The molecule has 3 rings (SSSR count). The molecule has 0 saturated heterocycles. The van der Waals surface area contributed by atoms with Gasteiger partial charge in [0, 0.05) is 38.1 Å². The summed E-state index contributed by atoms with van der Waals surface area (Å²) in [4.78, 5) is 2.51. The molecule has 1 atom stereocenters. The third-order valence-corrected chi connectivity index (χ3v) is 6.94. The van der Waals surface area contributed by atoms with Gasteiger partial charge in [-0.15, -0.1) is 0 Å². The predicted molar refractivity (Wildman–Crippen MR) is 131 cm³/mol. The van der Waals surface area contributed by atoms with Crippen LogP contribution in [0.1, 0.15) is 83.5 Å². The van der Waals surface area contributed by atoms with Crippen LogP contribution in [0.4, 0.5) is 0 Å². The molecule has 1 aromatic heterocycles. The van der Waals surface area contributed by atoms with Crippen molar-refractivity contribution < 1.29 is 5.11 Å². The SMILES string of the molecule is CC(C)[C@@H](O)CN(Cc1cccn1Cc1ccc(C(C)(C)C)cc1)CC1CCCCC1. The van der Waals surface area contributed by atoms with Crippen LogP contribution >= 0.6 is 0 Å². The number of benzene rings is 1. The Morgan fingerprint density at radius 3 is 2.32 bits per heavy atom. The Morgan fingerprint density at radius 1 is 1.03 bits per heavy atom. The van der Waals surface area contributed by atoms with E-state index >= 15 is 0 Å². The minimum absolute atomic E-state index is 0.189. The van der Waals surface area contributed by atoms with Crippen LogP contribution in [0, 0.1) is 11.8 Å². The predicted octanol–water partition coefficient (Wildman–Crippen LogP) is 6.23. The quantitative estimate of drug-likeness (QED) is 0.516. The smallest absolute Gasteiger partial charge is 0.0690 e. The highest BCUT2D eigenvalue weighted by Crippen LogP contribution is 2.26. The van der Waals surface area contributed by atoms with Crippen LogP contribution in [0.15, 0.2) is 42.6 Å². The van der Waals surface area contributed by atoms with Gasteiger partial charge in [0.1, 0.15) is 0 Å². The average Bonchev–Trinajstić information content (AvgIpc) is 3.15. The minimum Gasteiger partial charge on any atom is -0.392 e. The number of hydrogen-bond acceptors (Lipinski definition) is 2. The molecule has 31 heavy (non-hydrogen) atoms. The summed E-state index contributed by atoms with van der Waals surface area (Å²) in [5.41, 5.74) is 4.25. The van der Waals surface area contributed by atoms with Crippen molar-refractivity contribution in [2.45, 2.75) is 91.3 Å². The molecule has 1 N–H and O–H groups in total. The molecule has 0 aliphatic heterocycles. The molecular formula is C28H44N2O. The molecule has 1 aromatic carbocycles. The van der Waals surface area contributed by atoms with Crippen molar-refractivity contribution in [3.05, 3.63) is 59.4 Å². The van der Waals surface area contributed by atoms with Gasteiger partial charge >= 0.3 is 0 Å². The summed E-state index contributed by atoms with van der Waals surface area (Å²) < 4.78 is 2.38. The Balaban J connectivity index is 1.69. The number of nitrogens with zero attached hydrogens (tertiary/aromatic N) is 2. The van der Waals surface area contributed by atoms with E-state index in [9.17, 15) is 5.11 Å². The first-order chi connectivity index (χ1) is 14.7. The van der Waals surface area contributed by atoms with Crippen LogP contribution in [0.2, 0.25) is 0 Å². The molecule has 1 aliphatic rings. The molecule has 0 amide bonds. The van der Waals surface area contributed by atoms with E-state index in [2.05, 4.69) is 86.7 Å². The summed E-state index contributed by atoms with van der Waals surface area (Å²) in [5, 5.41) is 10.6. The third-order valence-electron chi connectivity index (χ3n) is 6.94. The van der Waals surface area contributed by atoms with Crippen LogP contribution in [-0.2, 0) is 18.5 Å². The zero-order valence-corrected chi connectivity index (χ0v) is 20.5. The summed E-state index contributed by atoms with van der Waals surface area (Å²) in [5.74, 6) is 1.07. The van der Waals surface area contributed by atoms with E-state index in [1.165, 1.54) is 48.9 Å². The van der Waals surface area contributed by atoms with Gasteiger partial charge in [0.15, 0.2) is 0 Å². The summed E-state index contributed by atoms with van der Waals surface area (Å²) in [6.07, 6.45) is 8.74. The Bertz CT molecular complexity index is 778. The van der Waals surface area contributed by atoms with Gasteiger partial charge in [-0.1, -0.05) is 78.1 Å². The molecule has 1 aliphatic carbocycles. The lowest BCUT2D eigenvalue weighted by Crippen LogP contribution is -2.38. The van der Waals surface area contributed by atoms with E-state index in [1.54, 1.807) is 0 Å². The number of aliphatic hydroxyl groups is 1. The van der Waals surface area contributed by atoms with Crippen molar-refractivity contribution in [1.82, 2.24) is 9.47 Å². The number of rotatable bonds is 9. The minimum atomic E-state index is -0.267. The van der Waals surface area contributed by atoms with Crippen molar-refractivity contribution in [3.63, 3.8) is 0 Å². The fourth-order valence-corrected chi connectivity index (χ4v) is 4.70. The molecule has 3 heteroatoms. The second kappa shape index (κ2) is 10.8. The highest BCUT2D eigenvalue weighted by atomic mass is 16.3. The summed E-state index contributed by atoms with van der Waals surface area (Å²) in [7, 11) is 0. The zero-order chi connectivity index (χ0) is 22.4. The molecule has 172 valence electrons. The van der Waals surface area contributed by atoms with Crippen molar-refractivity contribution in [2.24, 2.45) is 11.8 Å². The Hall–Kier alpha value is -1.58. The molecule has 1 fully saturated rings. The highest BCUT2D eigenvalue weighted by molar-refractivity contribution is 5.28. The Kier molecular flexibility index (Phi) is 8.41. The van der Waals surface area contributed by atoms with Crippen LogP contribution in [0.3, 0.4) is 0 Å². The molecule has 0 spiro atoms. The first kappa shape index (κ1) is 24.1. The largest absolute Gasteiger partial charge is 0.392 e. The number of aliphatic hydroxyl groups excluding tert-OH is 1. The summed E-state index contributed by atoms with van der Waals surface area (Å²) in [6, 6.07) is 13.5. The van der Waals surface area contributed by atoms with E-state index in [0.717, 1.165) is 32.1 Å². The fourth-order valence-electron chi connectivity index (χ4n) is 4.70. The van der Waals surface area contributed by atoms with Gasteiger partial charge in [-0.3, -0.25) is 4.90 Å². The van der Waals surface area contributed by atoms with Gasteiger partial charge in [0.25, 0.3) is 0 Å². The van der Waals surface area contributed by atoms with Crippen LogP contribution < -0.4 is 0 Å². The van der Waals surface area contributed by atoms with Gasteiger partial charge in [0.05, 0.1) is 6.10 Å². The van der Waals surface area contributed by atoms with Crippen molar-refractivity contribution in [3.8, 4) is 0 Å². The van der Waals surface area contributed by atoms with E-state index in [1.807, 2.05) is 0 Å². The van der Waals surface area contributed by atoms with Crippen LogP contribution in [0.25, 0.3) is 0 Å². The molecule has 2 aromatic rings. The van der Waals surface area contributed by atoms with Crippen molar-refractivity contribution in [1.29, 1.82) is 0 Å². The van der Waals surface area contributed by atoms with E-state index in [4.69, 9.17) is 0 Å². The Morgan fingerprint density at radius 2 is 1.71 bits per heavy atom. The topological polar surface area (TPSA) is 28.4 Å². The normalized spacial score (nSPS) is 16.9. The van der Waals surface area contributed by atoms with E-state index in [0.29, 0.717) is 5.92 Å². The monoisotopic (exact) mass is 424 g/mol. The van der Waals surface area contributed by atoms with Gasteiger partial charge in [-0.05, 0) is 53.4 Å². The van der Waals surface area contributed by atoms with Gasteiger partial charge in [0.2, 0.25) is 0 Å². The second-order valence-corrected chi connectivity index (χ2v) is 11.1. The van der Waals surface area contributed by atoms with Crippen LogP contribution in [-0.4, -0.2) is 33.8 Å². The number of aromatic nitrogens is 1. The maximum Gasteiger partial charge on any atom is 0.0690 e. The maximum atomic E-state index is 10.6. The average molecular weight is 425 g/mol. The first-order valence-electron chi connectivity index (χ1n) is 12.4. The van der Waals surface area contributed by atoms with Crippen molar-refractivity contribution >= 4 is 0 Å². The molecule has 0 bridgehead atoms. The maximum absolute atomic E-state index is 10.6. The van der Waals surface area contributed by atoms with Crippen molar-refractivity contribution in [2.75, 3.05) is 13.1 Å². The molecule has 0 unspecified atom stereocenters. The van der Waals surface area contributed by atoms with Crippen LogP contribution in [0.5, 0.6) is 0 Å².